The number of nitrogens with one attached hydrogen (secondary N) is 1. The van der Waals surface area contributed by atoms with Gasteiger partial charge in [-0.25, -0.2) is 4.39 Å². The smallest absolute Gasteiger partial charge is 0.130 e. The number of rotatable bonds is 4. The number of ether oxygens (including phenoxy) is 1. The molecule has 1 aromatic carbocycles. The van der Waals surface area contributed by atoms with Crippen molar-refractivity contribution in [2.75, 3.05) is 13.2 Å². The van der Waals surface area contributed by atoms with Crippen LogP contribution in [-0.2, 0) is 6.42 Å². The second-order valence-electron chi connectivity index (χ2n) is 4.54. The number of hydrogen-bond acceptors (Lipinski definition) is 2. The zero-order valence-corrected chi connectivity index (χ0v) is 10.3. The molecule has 1 N–H and O–H groups in total. The molecule has 1 fully saturated rings. The summed E-state index contributed by atoms with van der Waals surface area (Å²) in [5.41, 5.74) is 0.785. The third-order valence-electron chi connectivity index (χ3n) is 3.21. The fraction of sp³-hybridized carbons (Fsp3) is 0.571. The zero-order valence-electron chi connectivity index (χ0n) is 10.3. The van der Waals surface area contributed by atoms with E-state index in [9.17, 15) is 4.39 Å². The van der Waals surface area contributed by atoms with Gasteiger partial charge in [0, 0.05) is 12.1 Å². The molecule has 0 saturated carbocycles. The summed E-state index contributed by atoms with van der Waals surface area (Å²) in [5.74, 6) is 0.466. The molecule has 2 rings (SSSR count). The first kappa shape index (κ1) is 12.4. The average Bonchev–Trinajstić information content (AvgIpc) is 2.34. The van der Waals surface area contributed by atoms with Crippen LogP contribution in [0.1, 0.15) is 31.7 Å². The van der Waals surface area contributed by atoms with E-state index < -0.39 is 0 Å². The maximum Gasteiger partial charge on any atom is 0.130 e. The van der Waals surface area contributed by atoms with E-state index in [1.165, 1.54) is 18.9 Å². The predicted molar refractivity (Wildman–Crippen MR) is 66.9 cm³/mol. The normalized spacial score (nSPS) is 20.2. The lowest BCUT2D eigenvalue weighted by molar-refractivity contribution is 0.337. The van der Waals surface area contributed by atoms with Gasteiger partial charge in [-0.15, -0.1) is 0 Å². The summed E-state index contributed by atoms with van der Waals surface area (Å²) in [6.07, 6.45) is 4.41. The van der Waals surface area contributed by atoms with E-state index >= 15 is 0 Å². The van der Waals surface area contributed by atoms with Gasteiger partial charge in [0.15, 0.2) is 0 Å². The number of benzene rings is 1. The van der Waals surface area contributed by atoms with Gasteiger partial charge in [-0.1, -0.05) is 12.5 Å². The lowest BCUT2D eigenvalue weighted by Crippen LogP contribution is -2.35. The minimum atomic E-state index is -0.150. The molecule has 0 aliphatic carbocycles. The highest BCUT2D eigenvalue weighted by Crippen LogP contribution is 2.20. The number of hydrogen-bond donors (Lipinski definition) is 1. The van der Waals surface area contributed by atoms with Crippen LogP contribution in [0.2, 0.25) is 0 Å². The quantitative estimate of drug-likeness (QED) is 0.869. The van der Waals surface area contributed by atoms with Crippen molar-refractivity contribution in [3.8, 4) is 5.75 Å². The van der Waals surface area contributed by atoms with Crippen molar-refractivity contribution in [3.63, 3.8) is 0 Å². The molecule has 1 heterocycles. The molecule has 1 atom stereocenters. The van der Waals surface area contributed by atoms with Gasteiger partial charge >= 0.3 is 0 Å². The van der Waals surface area contributed by atoms with Crippen LogP contribution in [0.5, 0.6) is 5.75 Å². The molecule has 1 aromatic rings. The van der Waals surface area contributed by atoms with Crippen molar-refractivity contribution in [3.05, 3.63) is 29.6 Å². The van der Waals surface area contributed by atoms with Gasteiger partial charge in [-0.3, -0.25) is 0 Å². The highest BCUT2D eigenvalue weighted by Gasteiger charge is 2.15. The van der Waals surface area contributed by atoms with E-state index in [-0.39, 0.29) is 5.82 Å². The molecule has 0 radical (unpaired) electrons. The van der Waals surface area contributed by atoms with Crippen molar-refractivity contribution >= 4 is 0 Å². The summed E-state index contributed by atoms with van der Waals surface area (Å²) >= 11 is 0. The van der Waals surface area contributed by atoms with Gasteiger partial charge in [-0.2, -0.15) is 0 Å². The minimum absolute atomic E-state index is 0.150. The molecule has 94 valence electrons. The lowest BCUT2D eigenvalue weighted by atomic mass is 9.97. The van der Waals surface area contributed by atoms with Gasteiger partial charge < -0.3 is 10.1 Å². The largest absolute Gasteiger partial charge is 0.494 e. The molecule has 17 heavy (non-hydrogen) atoms. The third kappa shape index (κ3) is 3.43. The molecule has 1 saturated heterocycles. The first-order valence-electron chi connectivity index (χ1n) is 6.44. The first-order chi connectivity index (χ1) is 8.29. The van der Waals surface area contributed by atoms with Crippen LogP contribution in [0.25, 0.3) is 0 Å². The van der Waals surface area contributed by atoms with E-state index in [2.05, 4.69) is 5.32 Å². The predicted octanol–water partition coefficient (Wildman–Crippen LogP) is 2.91. The summed E-state index contributed by atoms with van der Waals surface area (Å²) in [6.45, 7) is 3.53. The summed E-state index contributed by atoms with van der Waals surface area (Å²) < 4.78 is 19.1. The fourth-order valence-electron chi connectivity index (χ4n) is 2.31. The van der Waals surface area contributed by atoms with Gasteiger partial charge in [0.1, 0.15) is 11.6 Å². The molecule has 1 aliphatic rings. The highest BCUT2D eigenvalue weighted by molar-refractivity contribution is 5.29. The molecule has 0 amide bonds. The number of halogens is 1. The van der Waals surface area contributed by atoms with Gasteiger partial charge in [0.25, 0.3) is 0 Å². The third-order valence-corrected chi connectivity index (χ3v) is 3.21. The van der Waals surface area contributed by atoms with E-state index in [0.29, 0.717) is 18.4 Å². The average molecular weight is 237 g/mol. The monoisotopic (exact) mass is 237 g/mol. The van der Waals surface area contributed by atoms with Crippen molar-refractivity contribution < 1.29 is 9.13 Å². The van der Waals surface area contributed by atoms with Gasteiger partial charge in [-0.05, 0) is 44.4 Å². The van der Waals surface area contributed by atoms with Crippen LogP contribution < -0.4 is 10.1 Å². The molecule has 1 unspecified atom stereocenters. The molecule has 0 aromatic heterocycles. The summed E-state index contributed by atoms with van der Waals surface area (Å²) in [5, 5.41) is 3.44. The maximum absolute atomic E-state index is 13.8. The van der Waals surface area contributed by atoms with Crippen molar-refractivity contribution in [2.24, 2.45) is 0 Å². The van der Waals surface area contributed by atoms with E-state index in [1.807, 2.05) is 19.1 Å². The molecule has 1 aliphatic heterocycles. The Kier molecular flexibility index (Phi) is 4.37. The Morgan fingerprint density at radius 3 is 2.94 bits per heavy atom. The Morgan fingerprint density at radius 1 is 1.41 bits per heavy atom. The van der Waals surface area contributed by atoms with Crippen LogP contribution in [0.3, 0.4) is 0 Å². The van der Waals surface area contributed by atoms with Crippen LogP contribution in [0.4, 0.5) is 4.39 Å². The van der Waals surface area contributed by atoms with Crippen molar-refractivity contribution in [1.82, 2.24) is 5.32 Å². The lowest BCUT2D eigenvalue weighted by Gasteiger charge is -2.23. The summed E-state index contributed by atoms with van der Waals surface area (Å²) in [6, 6.07) is 5.61. The summed E-state index contributed by atoms with van der Waals surface area (Å²) in [4.78, 5) is 0. The van der Waals surface area contributed by atoms with Gasteiger partial charge in [0.05, 0.1) is 6.61 Å². The van der Waals surface area contributed by atoms with Crippen molar-refractivity contribution in [1.29, 1.82) is 0 Å². The topological polar surface area (TPSA) is 21.3 Å². The molecular formula is C14H20FNO. The summed E-state index contributed by atoms with van der Waals surface area (Å²) in [7, 11) is 0. The minimum Gasteiger partial charge on any atom is -0.494 e. The van der Waals surface area contributed by atoms with Crippen LogP contribution in [0, 0.1) is 5.82 Å². The Balaban J connectivity index is 2.00. The molecule has 0 spiro atoms. The van der Waals surface area contributed by atoms with Crippen LogP contribution >= 0.6 is 0 Å². The maximum atomic E-state index is 13.8. The fourth-order valence-corrected chi connectivity index (χ4v) is 2.31. The first-order valence-corrected chi connectivity index (χ1v) is 6.44. The van der Waals surface area contributed by atoms with Gasteiger partial charge in [0.2, 0.25) is 0 Å². The van der Waals surface area contributed by atoms with Crippen molar-refractivity contribution in [2.45, 2.75) is 38.6 Å². The second-order valence-corrected chi connectivity index (χ2v) is 4.54. The molecular weight excluding hydrogens is 217 g/mol. The van der Waals surface area contributed by atoms with E-state index in [1.54, 1.807) is 0 Å². The second kappa shape index (κ2) is 6.01. The Hall–Kier alpha value is -1.09. The van der Waals surface area contributed by atoms with E-state index in [0.717, 1.165) is 24.9 Å². The Labute approximate surface area is 102 Å². The van der Waals surface area contributed by atoms with Crippen LogP contribution in [-0.4, -0.2) is 19.2 Å². The molecule has 2 nitrogen and oxygen atoms in total. The highest BCUT2D eigenvalue weighted by atomic mass is 19.1. The zero-order chi connectivity index (χ0) is 12.1. The molecule has 0 bridgehead atoms. The SMILES string of the molecule is CCOc1ccc(CC2CCCCN2)c(F)c1. The number of piperidine rings is 1. The molecule has 3 heteroatoms. The standard InChI is InChI=1S/C14H20FNO/c1-2-17-13-7-6-11(14(15)10-13)9-12-5-3-4-8-16-12/h6-7,10,12,16H,2-5,8-9H2,1H3. The van der Waals surface area contributed by atoms with Crippen LogP contribution in [0.15, 0.2) is 18.2 Å². The Morgan fingerprint density at radius 2 is 2.29 bits per heavy atom. The Bertz CT molecular complexity index is 361. The van der Waals surface area contributed by atoms with E-state index in [4.69, 9.17) is 4.74 Å².